The zero-order chi connectivity index (χ0) is 12.8. The molecule has 1 amide bonds. The smallest absolute Gasteiger partial charge is 0.238 e. The van der Waals surface area contributed by atoms with Gasteiger partial charge in [0.1, 0.15) is 5.75 Å². The highest BCUT2D eigenvalue weighted by Gasteiger charge is 2.08. The van der Waals surface area contributed by atoms with Crippen LogP contribution in [0.25, 0.3) is 0 Å². The molecule has 0 aromatic heterocycles. The molecule has 0 atom stereocenters. The van der Waals surface area contributed by atoms with Gasteiger partial charge < -0.3 is 15.4 Å². The molecule has 0 unspecified atom stereocenters. The van der Waals surface area contributed by atoms with E-state index >= 15 is 0 Å². The van der Waals surface area contributed by atoms with Crippen molar-refractivity contribution in [3.63, 3.8) is 0 Å². The molecule has 0 saturated carbocycles. The summed E-state index contributed by atoms with van der Waals surface area (Å²) in [6.07, 6.45) is 0. The summed E-state index contributed by atoms with van der Waals surface area (Å²) in [5.41, 5.74) is 0.664. The number of hydrogen-bond acceptors (Lipinski definition) is 3. The zero-order valence-electron chi connectivity index (χ0n) is 10.2. The molecule has 0 heterocycles. The number of halogens is 1. The van der Waals surface area contributed by atoms with Crippen LogP contribution in [0.5, 0.6) is 5.75 Å². The predicted molar refractivity (Wildman–Crippen MR) is 72.5 cm³/mol. The molecule has 0 aliphatic rings. The molecule has 1 aromatic rings. The fourth-order valence-electron chi connectivity index (χ4n) is 1.27. The minimum atomic E-state index is -0.0879. The summed E-state index contributed by atoms with van der Waals surface area (Å²) in [6.45, 7) is 4.27. The van der Waals surface area contributed by atoms with E-state index in [2.05, 4.69) is 26.6 Å². The molecule has 0 aliphatic heterocycles. The fourth-order valence-corrected chi connectivity index (χ4v) is 1.63. The van der Waals surface area contributed by atoms with Crippen molar-refractivity contribution in [3.8, 4) is 5.75 Å². The molecule has 94 valence electrons. The highest BCUT2D eigenvalue weighted by molar-refractivity contribution is 9.10. The number of benzene rings is 1. The summed E-state index contributed by atoms with van der Waals surface area (Å²) in [7, 11) is 1.57. The van der Waals surface area contributed by atoms with Gasteiger partial charge in [0, 0.05) is 10.5 Å². The molecule has 1 rings (SSSR count). The number of amides is 1. The number of methoxy groups -OCH3 is 1. The van der Waals surface area contributed by atoms with E-state index in [0.717, 1.165) is 4.47 Å². The van der Waals surface area contributed by atoms with Crippen LogP contribution in [0.1, 0.15) is 13.8 Å². The first-order valence-corrected chi connectivity index (χ1v) is 6.19. The molecule has 0 fully saturated rings. The summed E-state index contributed by atoms with van der Waals surface area (Å²) >= 11 is 3.36. The number of rotatable bonds is 5. The number of ether oxygens (including phenoxy) is 1. The lowest BCUT2D eigenvalue weighted by atomic mass is 10.3. The third kappa shape index (κ3) is 4.75. The van der Waals surface area contributed by atoms with Gasteiger partial charge in [-0.25, -0.2) is 0 Å². The van der Waals surface area contributed by atoms with Crippen molar-refractivity contribution in [1.29, 1.82) is 0 Å². The molecule has 0 saturated heterocycles. The molecule has 5 heteroatoms. The van der Waals surface area contributed by atoms with E-state index in [4.69, 9.17) is 4.74 Å². The quantitative estimate of drug-likeness (QED) is 0.878. The average molecular weight is 301 g/mol. The molecule has 0 bridgehead atoms. The van der Waals surface area contributed by atoms with Crippen LogP contribution in [0.3, 0.4) is 0 Å². The second-order valence-corrected chi connectivity index (χ2v) is 4.84. The Morgan fingerprint density at radius 3 is 2.76 bits per heavy atom. The lowest BCUT2D eigenvalue weighted by Crippen LogP contribution is -2.32. The summed E-state index contributed by atoms with van der Waals surface area (Å²) in [6, 6.07) is 5.76. The van der Waals surface area contributed by atoms with Crippen LogP contribution >= 0.6 is 15.9 Å². The van der Waals surface area contributed by atoms with Crippen molar-refractivity contribution in [2.24, 2.45) is 0 Å². The van der Waals surface area contributed by atoms with Gasteiger partial charge in [-0.2, -0.15) is 0 Å². The molecule has 0 spiro atoms. The predicted octanol–water partition coefficient (Wildman–Crippen LogP) is 2.39. The zero-order valence-corrected chi connectivity index (χ0v) is 11.8. The second kappa shape index (κ2) is 6.61. The van der Waals surface area contributed by atoms with E-state index in [1.165, 1.54) is 0 Å². The third-order valence-electron chi connectivity index (χ3n) is 2.11. The molecular weight excluding hydrogens is 284 g/mol. The number of carbonyl (C=O) groups excluding carboxylic acids is 1. The SMILES string of the molecule is COc1ccc(Br)cc1NC(=O)CNC(C)C. The van der Waals surface area contributed by atoms with Gasteiger partial charge in [-0.1, -0.05) is 29.8 Å². The van der Waals surface area contributed by atoms with E-state index < -0.39 is 0 Å². The van der Waals surface area contributed by atoms with Crippen LogP contribution in [-0.4, -0.2) is 25.6 Å². The molecule has 17 heavy (non-hydrogen) atoms. The summed E-state index contributed by atoms with van der Waals surface area (Å²) < 4.78 is 6.06. The van der Waals surface area contributed by atoms with Gasteiger partial charge in [-0.15, -0.1) is 0 Å². The maximum absolute atomic E-state index is 11.7. The van der Waals surface area contributed by atoms with Crippen molar-refractivity contribution in [2.45, 2.75) is 19.9 Å². The number of anilines is 1. The van der Waals surface area contributed by atoms with Gasteiger partial charge in [0.05, 0.1) is 19.3 Å². The standard InChI is InChI=1S/C12H17BrN2O2/c1-8(2)14-7-12(16)15-10-6-9(13)4-5-11(10)17-3/h4-6,8,14H,7H2,1-3H3,(H,15,16). The Kier molecular flexibility index (Phi) is 5.44. The van der Waals surface area contributed by atoms with Crippen molar-refractivity contribution in [2.75, 3.05) is 19.0 Å². The van der Waals surface area contributed by atoms with Gasteiger partial charge in [-0.05, 0) is 18.2 Å². The summed E-state index contributed by atoms with van der Waals surface area (Å²) in [5, 5.41) is 5.85. The summed E-state index contributed by atoms with van der Waals surface area (Å²) in [5.74, 6) is 0.557. The Balaban J connectivity index is 2.66. The van der Waals surface area contributed by atoms with Crippen molar-refractivity contribution >= 4 is 27.5 Å². The Bertz CT molecular complexity index is 394. The first-order valence-electron chi connectivity index (χ1n) is 5.39. The van der Waals surface area contributed by atoms with Gasteiger partial charge in [0.2, 0.25) is 5.91 Å². The van der Waals surface area contributed by atoms with Crippen LogP contribution in [-0.2, 0) is 4.79 Å². The van der Waals surface area contributed by atoms with E-state index in [9.17, 15) is 4.79 Å². The van der Waals surface area contributed by atoms with Crippen LogP contribution in [0, 0.1) is 0 Å². The Morgan fingerprint density at radius 1 is 1.47 bits per heavy atom. The lowest BCUT2D eigenvalue weighted by Gasteiger charge is -2.12. The van der Waals surface area contributed by atoms with Crippen LogP contribution in [0.15, 0.2) is 22.7 Å². The lowest BCUT2D eigenvalue weighted by molar-refractivity contribution is -0.115. The fraction of sp³-hybridized carbons (Fsp3) is 0.417. The number of nitrogens with one attached hydrogen (secondary N) is 2. The number of carbonyl (C=O) groups is 1. The number of hydrogen-bond donors (Lipinski definition) is 2. The topological polar surface area (TPSA) is 50.4 Å². The largest absolute Gasteiger partial charge is 0.495 e. The highest BCUT2D eigenvalue weighted by atomic mass is 79.9. The van der Waals surface area contributed by atoms with Crippen LogP contribution in [0.4, 0.5) is 5.69 Å². The molecule has 0 radical (unpaired) electrons. The molecule has 2 N–H and O–H groups in total. The third-order valence-corrected chi connectivity index (χ3v) is 2.60. The summed E-state index contributed by atoms with van der Waals surface area (Å²) in [4.78, 5) is 11.7. The van der Waals surface area contributed by atoms with Gasteiger partial charge >= 0.3 is 0 Å². The van der Waals surface area contributed by atoms with Crippen LogP contribution < -0.4 is 15.4 Å². The molecule has 0 aliphatic carbocycles. The van der Waals surface area contributed by atoms with E-state index in [1.54, 1.807) is 13.2 Å². The molecular formula is C12H17BrN2O2. The van der Waals surface area contributed by atoms with E-state index in [-0.39, 0.29) is 18.5 Å². The highest BCUT2D eigenvalue weighted by Crippen LogP contribution is 2.27. The van der Waals surface area contributed by atoms with Gasteiger partial charge in [0.25, 0.3) is 0 Å². The second-order valence-electron chi connectivity index (χ2n) is 3.93. The monoisotopic (exact) mass is 300 g/mol. The Hall–Kier alpha value is -1.07. The van der Waals surface area contributed by atoms with E-state index in [0.29, 0.717) is 11.4 Å². The maximum Gasteiger partial charge on any atom is 0.238 e. The Morgan fingerprint density at radius 2 is 2.18 bits per heavy atom. The minimum absolute atomic E-state index is 0.0879. The normalized spacial score (nSPS) is 10.4. The van der Waals surface area contributed by atoms with Crippen molar-refractivity contribution in [3.05, 3.63) is 22.7 Å². The van der Waals surface area contributed by atoms with Gasteiger partial charge in [-0.3, -0.25) is 4.79 Å². The van der Waals surface area contributed by atoms with Gasteiger partial charge in [0.15, 0.2) is 0 Å². The molecule has 1 aromatic carbocycles. The van der Waals surface area contributed by atoms with Crippen molar-refractivity contribution < 1.29 is 9.53 Å². The minimum Gasteiger partial charge on any atom is -0.495 e. The first kappa shape index (κ1) is 14.0. The maximum atomic E-state index is 11.7. The molecule has 4 nitrogen and oxygen atoms in total. The van der Waals surface area contributed by atoms with E-state index in [1.807, 2.05) is 26.0 Å². The van der Waals surface area contributed by atoms with Crippen molar-refractivity contribution in [1.82, 2.24) is 5.32 Å². The Labute approximate surface area is 110 Å². The first-order chi connectivity index (χ1) is 8.02. The average Bonchev–Trinajstić information content (AvgIpc) is 2.27. The van der Waals surface area contributed by atoms with Crippen LogP contribution in [0.2, 0.25) is 0 Å².